The van der Waals surface area contributed by atoms with Crippen LogP contribution >= 0.6 is 0 Å². The van der Waals surface area contributed by atoms with Crippen LogP contribution in [0.3, 0.4) is 0 Å². The topological polar surface area (TPSA) is 75.9 Å². The number of ether oxygens (including phenoxy) is 1. The average molecular weight is 379 g/mol. The Hall–Kier alpha value is -1.90. The summed E-state index contributed by atoms with van der Waals surface area (Å²) in [5.41, 5.74) is 1.77. The third-order valence-corrected chi connectivity index (χ3v) is 6.47. The highest BCUT2D eigenvalue weighted by Gasteiger charge is 2.29. The maximum absolute atomic E-state index is 13.1. The second-order valence-electron chi connectivity index (χ2n) is 6.62. The first-order valence-corrected chi connectivity index (χ1v) is 10.1. The lowest BCUT2D eigenvalue weighted by atomic mass is 10.2. The molecule has 1 saturated heterocycles. The zero-order valence-corrected chi connectivity index (χ0v) is 16.3. The van der Waals surface area contributed by atoms with Crippen LogP contribution in [-0.4, -0.2) is 56.1 Å². The van der Waals surface area contributed by atoms with Crippen molar-refractivity contribution in [2.75, 3.05) is 33.3 Å². The Kier molecular flexibility index (Phi) is 5.64. The van der Waals surface area contributed by atoms with Crippen molar-refractivity contribution in [3.05, 3.63) is 41.3 Å². The van der Waals surface area contributed by atoms with Crippen LogP contribution in [-0.2, 0) is 16.6 Å². The molecule has 0 bridgehead atoms. The Balaban J connectivity index is 1.74. The summed E-state index contributed by atoms with van der Waals surface area (Å²) in [5.74, 6) is 1.17. The fraction of sp³-hybridized carbons (Fsp3) is 0.500. The van der Waals surface area contributed by atoms with Crippen molar-refractivity contribution in [1.29, 1.82) is 0 Å². The molecule has 1 fully saturated rings. The summed E-state index contributed by atoms with van der Waals surface area (Å²) in [7, 11) is -2.10. The van der Waals surface area contributed by atoms with E-state index in [1.54, 1.807) is 16.4 Å². The van der Waals surface area contributed by atoms with Crippen LogP contribution in [0.4, 0.5) is 0 Å². The molecule has 0 radical (unpaired) electrons. The molecule has 0 saturated carbocycles. The molecule has 142 valence electrons. The Bertz CT molecular complexity index is 863. The zero-order chi connectivity index (χ0) is 18.7. The Morgan fingerprint density at radius 3 is 2.65 bits per heavy atom. The van der Waals surface area contributed by atoms with Crippen molar-refractivity contribution in [2.24, 2.45) is 0 Å². The van der Waals surface area contributed by atoms with Crippen molar-refractivity contribution in [3.63, 3.8) is 0 Å². The fourth-order valence-corrected chi connectivity index (χ4v) is 4.90. The van der Waals surface area contributed by atoms with Crippen LogP contribution in [0.5, 0.6) is 5.75 Å². The van der Waals surface area contributed by atoms with Crippen molar-refractivity contribution < 1.29 is 17.7 Å². The van der Waals surface area contributed by atoms with Crippen molar-refractivity contribution in [2.45, 2.75) is 31.7 Å². The first kappa shape index (κ1) is 18.9. The summed E-state index contributed by atoms with van der Waals surface area (Å²) in [6, 6.07) is 7.15. The fourth-order valence-electron chi connectivity index (χ4n) is 3.19. The van der Waals surface area contributed by atoms with E-state index in [1.165, 1.54) is 7.11 Å². The molecule has 26 heavy (non-hydrogen) atoms. The molecule has 2 heterocycles. The first-order valence-electron chi connectivity index (χ1n) is 8.69. The third kappa shape index (κ3) is 4.08. The van der Waals surface area contributed by atoms with Crippen molar-refractivity contribution >= 4 is 10.0 Å². The molecular formula is C18H25N3O4S. The Labute approximate surface area is 154 Å². The van der Waals surface area contributed by atoms with E-state index in [9.17, 15) is 8.42 Å². The van der Waals surface area contributed by atoms with Crippen LogP contribution in [0.25, 0.3) is 0 Å². The predicted octanol–water partition coefficient (Wildman–Crippen LogP) is 2.20. The molecule has 0 atom stereocenters. The smallest absolute Gasteiger partial charge is 0.246 e. The van der Waals surface area contributed by atoms with Gasteiger partial charge in [0.25, 0.3) is 0 Å². The zero-order valence-electron chi connectivity index (χ0n) is 15.4. The number of methoxy groups -OCH3 is 1. The minimum absolute atomic E-state index is 0.237. The predicted molar refractivity (Wildman–Crippen MR) is 97.6 cm³/mol. The largest absolute Gasteiger partial charge is 0.495 e. The van der Waals surface area contributed by atoms with Crippen LogP contribution < -0.4 is 4.74 Å². The van der Waals surface area contributed by atoms with E-state index in [4.69, 9.17) is 9.26 Å². The van der Waals surface area contributed by atoms with Gasteiger partial charge < -0.3 is 9.26 Å². The summed E-state index contributed by atoms with van der Waals surface area (Å²) < 4.78 is 38.2. The number of aryl methyl sites for hydroxylation is 2. The third-order valence-electron chi connectivity index (χ3n) is 4.55. The van der Waals surface area contributed by atoms with Gasteiger partial charge in [0.05, 0.1) is 12.8 Å². The highest BCUT2D eigenvalue weighted by Crippen LogP contribution is 2.28. The minimum atomic E-state index is -3.60. The average Bonchev–Trinajstić information content (AvgIpc) is 2.87. The van der Waals surface area contributed by atoms with Crippen LogP contribution in [0, 0.1) is 13.8 Å². The van der Waals surface area contributed by atoms with Gasteiger partial charge in [-0.25, -0.2) is 8.42 Å². The quantitative estimate of drug-likeness (QED) is 0.793. The van der Waals surface area contributed by atoms with E-state index in [0.29, 0.717) is 31.9 Å². The summed E-state index contributed by atoms with van der Waals surface area (Å²) >= 11 is 0. The Morgan fingerprint density at radius 1 is 1.15 bits per heavy atom. The lowest BCUT2D eigenvalue weighted by Gasteiger charge is -2.22. The van der Waals surface area contributed by atoms with Gasteiger partial charge in [-0.3, -0.25) is 4.90 Å². The number of benzene rings is 1. The molecule has 8 heteroatoms. The number of hydrogen-bond donors (Lipinski definition) is 0. The molecule has 0 amide bonds. The molecule has 1 aromatic heterocycles. The van der Waals surface area contributed by atoms with Gasteiger partial charge >= 0.3 is 0 Å². The van der Waals surface area contributed by atoms with E-state index in [0.717, 1.165) is 30.0 Å². The molecule has 1 aliphatic rings. The van der Waals surface area contributed by atoms with Gasteiger partial charge in [-0.15, -0.1) is 0 Å². The van der Waals surface area contributed by atoms with Crippen molar-refractivity contribution in [1.82, 2.24) is 14.4 Å². The van der Waals surface area contributed by atoms with Gasteiger partial charge in [0, 0.05) is 32.2 Å². The molecule has 3 rings (SSSR count). The molecule has 1 aromatic carbocycles. The molecule has 0 unspecified atom stereocenters. The maximum atomic E-state index is 13.1. The van der Waals surface area contributed by atoms with E-state index < -0.39 is 10.0 Å². The van der Waals surface area contributed by atoms with Crippen LogP contribution in [0.1, 0.15) is 23.4 Å². The van der Waals surface area contributed by atoms with Crippen molar-refractivity contribution in [3.8, 4) is 5.75 Å². The summed E-state index contributed by atoms with van der Waals surface area (Å²) in [5, 5.41) is 4.02. The second-order valence-corrected chi connectivity index (χ2v) is 8.52. The molecule has 1 aliphatic heterocycles. The SMILES string of the molecule is COc1ccc(C)cc1S(=O)(=O)N1CCCN(Cc2cc(C)on2)CC1. The standard InChI is InChI=1S/C18H25N3O4S/c1-14-5-6-17(24-3)18(11-14)26(22,23)21-8-4-7-20(9-10-21)13-16-12-15(2)25-19-16/h5-6,11-12H,4,7-10,13H2,1-3H3. The second kappa shape index (κ2) is 7.77. The van der Waals surface area contributed by atoms with Gasteiger partial charge in [0.2, 0.25) is 10.0 Å². The first-order chi connectivity index (χ1) is 12.4. The number of hydrogen-bond acceptors (Lipinski definition) is 6. The molecule has 0 aliphatic carbocycles. The van der Waals surface area contributed by atoms with Gasteiger partial charge in [-0.2, -0.15) is 4.31 Å². The maximum Gasteiger partial charge on any atom is 0.246 e. The van der Waals surface area contributed by atoms with E-state index in [2.05, 4.69) is 10.1 Å². The monoisotopic (exact) mass is 379 g/mol. The van der Waals surface area contributed by atoms with Crippen LogP contribution in [0.2, 0.25) is 0 Å². The molecule has 7 nitrogen and oxygen atoms in total. The molecule has 0 spiro atoms. The number of nitrogens with zero attached hydrogens (tertiary/aromatic N) is 3. The van der Waals surface area contributed by atoms with E-state index in [-0.39, 0.29) is 4.90 Å². The van der Waals surface area contributed by atoms with E-state index in [1.807, 2.05) is 26.0 Å². The number of rotatable bonds is 5. The minimum Gasteiger partial charge on any atom is -0.495 e. The summed E-state index contributed by atoms with van der Waals surface area (Å²) in [4.78, 5) is 2.45. The van der Waals surface area contributed by atoms with Gasteiger partial charge in [0.1, 0.15) is 16.4 Å². The normalized spacial score (nSPS) is 17.2. The van der Waals surface area contributed by atoms with E-state index >= 15 is 0 Å². The highest BCUT2D eigenvalue weighted by molar-refractivity contribution is 7.89. The highest BCUT2D eigenvalue weighted by atomic mass is 32.2. The van der Waals surface area contributed by atoms with Gasteiger partial charge in [-0.1, -0.05) is 11.2 Å². The van der Waals surface area contributed by atoms with Gasteiger partial charge in [0.15, 0.2) is 0 Å². The molecule has 2 aromatic rings. The molecule has 0 N–H and O–H groups in total. The summed E-state index contributed by atoms with van der Waals surface area (Å²) in [6.45, 7) is 6.82. The number of sulfonamides is 1. The van der Waals surface area contributed by atoms with Crippen LogP contribution in [0.15, 0.2) is 33.7 Å². The lowest BCUT2D eigenvalue weighted by Crippen LogP contribution is -2.35. The summed E-state index contributed by atoms with van der Waals surface area (Å²) in [6.07, 6.45) is 0.768. The van der Waals surface area contributed by atoms with Gasteiger partial charge in [-0.05, 0) is 44.5 Å². The Morgan fingerprint density at radius 2 is 1.96 bits per heavy atom. The molecular weight excluding hydrogens is 354 g/mol. The number of aromatic nitrogens is 1. The lowest BCUT2D eigenvalue weighted by molar-refractivity contribution is 0.268.